The maximum Gasteiger partial charge on any atom is 0.256 e. The van der Waals surface area contributed by atoms with Gasteiger partial charge in [0, 0.05) is 27.1 Å². The maximum absolute atomic E-state index is 13.1. The highest BCUT2D eigenvalue weighted by Crippen LogP contribution is 2.33. The highest BCUT2D eigenvalue weighted by atomic mass is 32.2. The van der Waals surface area contributed by atoms with Crippen molar-refractivity contribution in [2.75, 3.05) is 5.32 Å². The third kappa shape index (κ3) is 5.56. The Kier molecular flexibility index (Phi) is 7.24. The maximum atomic E-state index is 13.1. The van der Waals surface area contributed by atoms with Crippen LogP contribution in [0.5, 0.6) is 0 Å². The van der Waals surface area contributed by atoms with E-state index in [4.69, 9.17) is 0 Å². The molecule has 2 aromatic heterocycles. The first-order valence-electron chi connectivity index (χ1n) is 11.9. The number of benzene rings is 3. The highest BCUT2D eigenvalue weighted by molar-refractivity contribution is 7.99. The fourth-order valence-electron chi connectivity index (χ4n) is 3.96. The van der Waals surface area contributed by atoms with Crippen LogP contribution in [0.1, 0.15) is 40.7 Å². The molecule has 0 aliphatic carbocycles. The van der Waals surface area contributed by atoms with Gasteiger partial charge in [-0.15, -0.1) is 0 Å². The van der Waals surface area contributed by atoms with Crippen LogP contribution in [-0.4, -0.2) is 21.1 Å². The van der Waals surface area contributed by atoms with Crippen molar-refractivity contribution < 1.29 is 4.79 Å². The average Bonchev–Trinajstić information content (AvgIpc) is 3.32. The van der Waals surface area contributed by atoms with Gasteiger partial charge in [0.15, 0.2) is 0 Å². The number of pyridine rings is 1. The Morgan fingerprint density at radius 2 is 1.81 bits per heavy atom. The standard InChI is InChI=1S/C30H26N4OS/c1-2-7-21-11-13-23(14-12-21)32-30(35)26-9-3-4-10-29(26)36-24-16-17-25-27(33-34-28(25)20-24)18-15-22-8-5-6-19-31-22/h3-6,8-20H,2,7H2,1H3,(H,32,35)(H,33,34)/b18-15+. The lowest BCUT2D eigenvalue weighted by atomic mass is 10.1. The van der Waals surface area contributed by atoms with Crippen molar-refractivity contribution in [1.29, 1.82) is 0 Å². The van der Waals surface area contributed by atoms with Crippen LogP contribution < -0.4 is 5.32 Å². The summed E-state index contributed by atoms with van der Waals surface area (Å²) in [6.07, 6.45) is 7.82. The van der Waals surface area contributed by atoms with Crippen molar-refractivity contribution >= 4 is 46.4 Å². The molecule has 1 amide bonds. The fourth-order valence-corrected chi connectivity index (χ4v) is 4.95. The van der Waals surface area contributed by atoms with E-state index in [1.165, 1.54) is 5.56 Å². The van der Waals surface area contributed by atoms with Crippen LogP contribution in [0.25, 0.3) is 23.1 Å². The van der Waals surface area contributed by atoms with Crippen molar-refractivity contribution in [1.82, 2.24) is 15.2 Å². The van der Waals surface area contributed by atoms with Gasteiger partial charge in [0.25, 0.3) is 5.91 Å². The summed E-state index contributed by atoms with van der Waals surface area (Å²) in [6.45, 7) is 2.16. The largest absolute Gasteiger partial charge is 0.322 e. The molecule has 0 fully saturated rings. The number of aryl methyl sites for hydroxylation is 1. The monoisotopic (exact) mass is 490 g/mol. The molecule has 2 N–H and O–H groups in total. The van der Waals surface area contributed by atoms with Gasteiger partial charge in [-0.1, -0.05) is 55.4 Å². The molecule has 36 heavy (non-hydrogen) atoms. The number of anilines is 1. The summed E-state index contributed by atoms with van der Waals surface area (Å²) in [5.41, 5.74) is 5.39. The van der Waals surface area contributed by atoms with Crippen molar-refractivity contribution in [3.05, 3.63) is 114 Å². The van der Waals surface area contributed by atoms with Gasteiger partial charge in [-0.3, -0.25) is 14.9 Å². The number of aromatic amines is 1. The lowest BCUT2D eigenvalue weighted by molar-refractivity contribution is 0.102. The Bertz CT molecular complexity index is 1510. The first-order chi connectivity index (χ1) is 17.7. The van der Waals surface area contributed by atoms with Gasteiger partial charge in [-0.2, -0.15) is 5.10 Å². The van der Waals surface area contributed by atoms with Gasteiger partial charge in [0.1, 0.15) is 0 Å². The van der Waals surface area contributed by atoms with E-state index < -0.39 is 0 Å². The van der Waals surface area contributed by atoms with Crippen LogP contribution in [0.3, 0.4) is 0 Å². The lowest BCUT2D eigenvalue weighted by Crippen LogP contribution is -2.12. The molecule has 0 bridgehead atoms. The van der Waals surface area contributed by atoms with Gasteiger partial charge < -0.3 is 5.32 Å². The zero-order valence-electron chi connectivity index (χ0n) is 19.9. The van der Waals surface area contributed by atoms with Crippen LogP contribution in [-0.2, 0) is 6.42 Å². The SMILES string of the molecule is CCCc1ccc(NC(=O)c2ccccc2Sc2ccc3c(/C=C/c4ccccn4)n[nH]c3c2)cc1. The second kappa shape index (κ2) is 11.1. The topological polar surface area (TPSA) is 70.7 Å². The summed E-state index contributed by atoms with van der Waals surface area (Å²) >= 11 is 1.56. The molecule has 0 saturated carbocycles. The number of fused-ring (bicyclic) bond motifs is 1. The van der Waals surface area contributed by atoms with Crippen molar-refractivity contribution in [3.8, 4) is 0 Å². The highest BCUT2D eigenvalue weighted by Gasteiger charge is 2.13. The molecule has 6 heteroatoms. The Hall–Kier alpha value is -4.16. The Balaban J connectivity index is 1.32. The van der Waals surface area contributed by atoms with E-state index >= 15 is 0 Å². The van der Waals surface area contributed by atoms with E-state index in [-0.39, 0.29) is 5.91 Å². The number of H-pyrrole nitrogens is 1. The molecule has 0 aliphatic heterocycles. The third-order valence-electron chi connectivity index (χ3n) is 5.77. The van der Waals surface area contributed by atoms with Gasteiger partial charge in [0.05, 0.1) is 22.5 Å². The molecule has 178 valence electrons. The predicted octanol–water partition coefficient (Wildman–Crippen LogP) is 7.48. The smallest absolute Gasteiger partial charge is 0.256 e. The molecule has 0 unspecified atom stereocenters. The molecule has 5 rings (SSSR count). The van der Waals surface area contributed by atoms with Gasteiger partial charge in [-0.05, 0) is 78.7 Å². The summed E-state index contributed by atoms with van der Waals surface area (Å²) < 4.78 is 0. The first kappa shape index (κ1) is 23.6. The summed E-state index contributed by atoms with van der Waals surface area (Å²) in [6, 6.07) is 27.7. The van der Waals surface area contributed by atoms with E-state index in [1.54, 1.807) is 18.0 Å². The van der Waals surface area contributed by atoms with Crippen LogP contribution in [0.4, 0.5) is 5.69 Å². The number of amides is 1. The van der Waals surface area contributed by atoms with E-state index in [9.17, 15) is 4.79 Å². The number of hydrogen-bond acceptors (Lipinski definition) is 4. The molecule has 5 nitrogen and oxygen atoms in total. The number of nitrogens with zero attached hydrogens (tertiary/aromatic N) is 2. The average molecular weight is 491 g/mol. The number of aromatic nitrogens is 3. The third-order valence-corrected chi connectivity index (χ3v) is 6.84. The van der Waals surface area contributed by atoms with E-state index in [0.717, 1.165) is 50.6 Å². The quantitative estimate of drug-likeness (QED) is 0.236. The number of carbonyl (C=O) groups excluding carboxylic acids is 1. The number of rotatable bonds is 8. The molecule has 0 radical (unpaired) electrons. The van der Waals surface area contributed by atoms with Crippen LogP contribution in [0, 0.1) is 0 Å². The van der Waals surface area contributed by atoms with Gasteiger partial charge >= 0.3 is 0 Å². The van der Waals surface area contributed by atoms with Gasteiger partial charge in [-0.25, -0.2) is 0 Å². The zero-order chi connectivity index (χ0) is 24.7. The van der Waals surface area contributed by atoms with Crippen molar-refractivity contribution in [2.45, 2.75) is 29.6 Å². The zero-order valence-corrected chi connectivity index (χ0v) is 20.8. The lowest BCUT2D eigenvalue weighted by Gasteiger charge is -2.11. The summed E-state index contributed by atoms with van der Waals surface area (Å²) in [7, 11) is 0. The van der Waals surface area contributed by atoms with Crippen molar-refractivity contribution in [3.63, 3.8) is 0 Å². The summed E-state index contributed by atoms with van der Waals surface area (Å²) in [4.78, 5) is 19.3. The minimum absolute atomic E-state index is 0.120. The predicted molar refractivity (Wildman–Crippen MR) is 148 cm³/mol. The normalized spacial score (nSPS) is 11.2. The Morgan fingerprint density at radius 3 is 2.61 bits per heavy atom. The molecule has 2 heterocycles. The summed E-state index contributed by atoms with van der Waals surface area (Å²) in [5, 5.41) is 11.6. The van der Waals surface area contributed by atoms with Crippen LogP contribution in [0.15, 0.2) is 101 Å². The second-order valence-corrected chi connectivity index (χ2v) is 9.52. The molecular weight excluding hydrogens is 464 g/mol. The number of hydrogen-bond donors (Lipinski definition) is 2. The minimum Gasteiger partial charge on any atom is -0.322 e. The van der Waals surface area contributed by atoms with Gasteiger partial charge in [0.2, 0.25) is 0 Å². The summed E-state index contributed by atoms with van der Waals surface area (Å²) in [5.74, 6) is -0.120. The number of nitrogens with one attached hydrogen (secondary N) is 2. The molecule has 0 aliphatic rings. The molecular formula is C30H26N4OS. The molecule has 0 saturated heterocycles. The van der Waals surface area contributed by atoms with E-state index in [0.29, 0.717) is 5.56 Å². The molecule has 0 atom stereocenters. The molecule has 0 spiro atoms. The second-order valence-electron chi connectivity index (χ2n) is 8.40. The molecule has 3 aromatic carbocycles. The van der Waals surface area contributed by atoms with E-state index in [1.807, 2.05) is 66.7 Å². The first-order valence-corrected chi connectivity index (χ1v) is 12.8. The van der Waals surface area contributed by atoms with Crippen molar-refractivity contribution in [2.24, 2.45) is 0 Å². The molecule has 5 aromatic rings. The minimum atomic E-state index is -0.120. The number of carbonyl (C=O) groups is 1. The Labute approximate surface area is 214 Å². The van der Waals surface area contributed by atoms with Crippen LogP contribution in [0.2, 0.25) is 0 Å². The fraction of sp³-hybridized carbons (Fsp3) is 0.100. The Morgan fingerprint density at radius 1 is 0.972 bits per heavy atom. The van der Waals surface area contributed by atoms with Crippen LogP contribution >= 0.6 is 11.8 Å². The van der Waals surface area contributed by atoms with E-state index in [2.05, 4.69) is 57.8 Å².